The third kappa shape index (κ3) is 4.14. The van der Waals surface area contributed by atoms with Gasteiger partial charge < -0.3 is 4.57 Å². The second-order valence-electron chi connectivity index (χ2n) is 10.6. The molecule has 0 saturated carbocycles. The summed E-state index contributed by atoms with van der Waals surface area (Å²) in [6, 6.07) is 41.1. The molecule has 1 aliphatic carbocycles. The lowest BCUT2D eigenvalue weighted by atomic mass is 9.98. The van der Waals surface area contributed by atoms with E-state index in [-0.39, 0.29) is 0 Å². The fourth-order valence-electron chi connectivity index (χ4n) is 5.98. The van der Waals surface area contributed by atoms with Crippen molar-refractivity contribution in [3.8, 4) is 28.2 Å². The lowest BCUT2D eigenvalue weighted by Gasteiger charge is -2.10. The van der Waals surface area contributed by atoms with E-state index < -0.39 is 0 Å². The number of hydrogen-bond acceptors (Lipinski definition) is 2. The Labute approximate surface area is 238 Å². The van der Waals surface area contributed by atoms with Gasteiger partial charge >= 0.3 is 0 Å². The zero-order valence-corrected chi connectivity index (χ0v) is 22.5. The molecule has 2 aromatic heterocycles. The van der Waals surface area contributed by atoms with Crippen LogP contribution in [0.4, 0.5) is 0 Å². The van der Waals surface area contributed by atoms with Crippen molar-refractivity contribution in [3.05, 3.63) is 145 Å². The minimum absolute atomic E-state index is 0.746. The molecular formula is C38H27N3. The summed E-state index contributed by atoms with van der Waals surface area (Å²) in [4.78, 5) is 9.60. The summed E-state index contributed by atoms with van der Waals surface area (Å²) in [7, 11) is 0. The summed E-state index contributed by atoms with van der Waals surface area (Å²) >= 11 is 0. The van der Waals surface area contributed by atoms with Crippen LogP contribution in [0.15, 0.2) is 140 Å². The molecule has 1 aliphatic rings. The van der Waals surface area contributed by atoms with Gasteiger partial charge in [0.2, 0.25) is 0 Å². The zero-order chi connectivity index (χ0) is 27.2. The molecule has 0 fully saturated rings. The highest BCUT2D eigenvalue weighted by Gasteiger charge is 2.12. The van der Waals surface area contributed by atoms with E-state index in [9.17, 15) is 0 Å². The Morgan fingerprint density at radius 2 is 1.22 bits per heavy atom. The maximum absolute atomic E-state index is 4.93. The van der Waals surface area contributed by atoms with Crippen LogP contribution in [0, 0.1) is 0 Å². The van der Waals surface area contributed by atoms with Gasteiger partial charge in [-0.2, -0.15) is 0 Å². The molecule has 41 heavy (non-hydrogen) atoms. The lowest BCUT2D eigenvalue weighted by molar-refractivity contribution is 1.04. The molecule has 0 atom stereocenters. The number of benzene rings is 5. The van der Waals surface area contributed by atoms with Crippen LogP contribution in [-0.2, 0) is 0 Å². The third-order valence-corrected chi connectivity index (χ3v) is 8.09. The van der Waals surface area contributed by atoms with E-state index in [2.05, 4.69) is 143 Å². The smallest absolute Gasteiger partial charge is 0.159 e. The molecule has 7 aromatic rings. The lowest BCUT2D eigenvalue weighted by Crippen LogP contribution is -1.93. The zero-order valence-electron chi connectivity index (χ0n) is 22.5. The van der Waals surface area contributed by atoms with Crippen LogP contribution in [0.5, 0.6) is 0 Å². The average Bonchev–Trinajstić information content (AvgIpc) is 3.39. The van der Waals surface area contributed by atoms with E-state index in [0.29, 0.717) is 0 Å². The van der Waals surface area contributed by atoms with Crippen LogP contribution >= 0.6 is 0 Å². The number of fused-ring (bicyclic) bond motifs is 4. The molecule has 3 nitrogen and oxygen atoms in total. The van der Waals surface area contributed by atoms with E-state index in [0.717, 1.165) is 40.8 Å². The molecule has 0 spiro atoms. The van der Waals surface area contributed by atoms with Gasteiger partial charge in [0, 0.05) is 33.6 Å². The summed E-state index contributed by atoms with van der Waals surface area (Å²) in [5.41, 5.74) is 10.4. The predicted octanol–water partition coefficient (Wildman–Crippen LogP) is 9.79. The molecule has 0 radical (unpaired) electrons. The Bertz CT molecular complexity index is 2070. The van der Waals surface area contributed by atoms with Gasteiger partial charge in [0.25, 0.3) is 0 Å². The Morgan fingerprint density at radius 3 is 1.90 bits per heavy atom. The molecule has 0 N–H and O–H groups in total. The molecule has 194 valence electrons. The second-order valence-corrected chi connectivity index (χ2v) is 10.6. The Hall–Kier alpha value is -5.28. The summed E-state index contributed by atoms with van der Waals surface area (Å²) in [5, 5.41) is 3.61. The fraction of sp³-hybridized carbons (Fsp3) is 0.0526. The summed E-state index contributed by atoms with van der Waals surface area (Å²) < 4.78 is 2.35. The topological polar surface area (TPSA) is 30.7 Å². The van der Waals surface area contributed by atoms with Gasteiger partial charge in [-0.25, -0.2) is 9.97 Å². The maximum Gasteiger partial charge on any atom is 0.159 e. The standard InChI is InChI=1S/C38H27N3/c1-2-8-26(9-3-1)30-18-19-31-25-39-38(40-35(31)24-30)29-16-14-27(15-17-29)28-20-22-32(23-21-28)41-36-12-6-4-10-33(36)34-11-5-7-13-37(34)41/h2,4-25H,1,3H2. The van der Waals surface area contributed by atoms with E-state index in [1.165, 1.54) is 44.1 Å². The van der Waals surface area contributed by atoms with Crippen LogP contribution < -0.4 is 0 Å². The van der Waals surface area contributed by atoms with Gasteiger partial charge in [-0.15, -0.1) is 0 Å². The third-order valence-electron chi connectivity index (χ3n) is 8.09. The molecule has 0 bridgehead atoms. The first-order valence-corrected chi connectivity index (χ1v) is 14.2. The Balaban J connectivity index is 1.10. The minimum atomic E-state index is 0.746. The number of allylic oxidation sites excluding steroid dienone is 4. The molecular weight excluding hydrogens is 498 g/mol. The Morgan fingerprint density at radius 1 is 0.585 bits per heavy atom. The highest BCUT2D eigenvalue weighted by atomic mass is 15.0. The SMILES string of the molecule is C1=CC(c2ccc3cnc(-c4ccc(-c5ccc(-n6c7ccccc7c7ccccc76)cc5)cc4)nc3c2)=CCC1. The van der Waals surface area contributed by atoms with E-state index in [1.54, 1.807) is 0 Å². The van der Waals surface area contributed by atoms with Gasteiger partial charge in [0.05, 0.1) is 16.6 Å². The molecule has 0 unspecified atom stereocenters. The molecule has 3 heteroatoms. The molecule has 0 aliphatic heterocycles. The second kappa shape index (κ2) is 9.72. The fourth-order valence-corrected chi connectivity index (χ4v) is 5.98. The summed E-state index contributed by atoms with van der Waals surface area (Å²) in [5.74, 6) is 0.746. The largest absolute Gasteiger partial charge is 0.309 e. The van der Waals surface area contributed by atoms with Crippen molar-refractivity contribution in [2.45, 2.75) is 12.8 Å². The summed E-state index contributed by atoms with van der Waals surface area (Å²) in [6.07, 6.45) is 10.9. The average molecular weight is 526 g/mol. The number of aromatic nitrogens is 3. The van der Waals surface area contributed by atoms with Crippen molar-refractivity contribution in [2.24, 2.45) is 0 Å². The highest BCUT2D eigenvalue weighted by Crippen LogP contribution is 2.33. The monoisotopic (exact) mass is 525 g/mol. The first kappa shape index (κ1) is 23.6. The van der Waals surface area contributed by atoms with Crippen LogP contribution in [0.25, 0.3) is 66.5 Å². The van der Waals surface area contributed by atoms with Gasteiger partial charge in [-0.05, 0) is 65.4 Å². The normalized spacial score (nSPS) is 13.2. The number of nitrogens with zero attached hydrogens (tertiary/aromatic N) is 3. The van der Waals surface area contributed by atoms with Crippen molar-refractivity contribution in [3.63, 3.8) is 0 Å². The van der Waals surface area contributed by atoms with Crippen LogP contribution in [0.3, 0.4) is 0 Å². The van der Waals surface area contributed by atoms with Gasteiger partial charge in [0.15, 0.2) is 5.82 Å². The van der Waals surface area contributed by atoms with Crippen molar-refractivity contribution in [2.75, 3.05) is 0 Å². The number of rotatable bonds is 4. The molecule has 8 rings (SSSR count). The first-order chi connectivity index (χ1) is 20.3. The van der Waals surface area contributed by atoms with Crippen molar-refractivity contribution in [1.82, 2.24) is 14.5 Å². The Kier molecular flexibility index (Phi) is 5.60. The predicted molar refractivity (Wildman–Crippen MR) is 171 cm³/mol. The summed E-state index contributed by atoms with van der Waals surface area (Å²) in [6.45, 7) is 0. The van der Waals surface area contributed by atoms with E-state index in [4.69, 9.17) is 4.98 Å². The first-order valence-electron chi connectivity index (χ1n) is 14.2. The van der Waals surface area contributed by atoms with Gasteiger partial charge in [-0.1, -0.05) is 103 Å². The van der Waals surface area contributed by atoms with Gasteiger partial charge in [0.1, 0.15) is 0 Å². The highest BCUT2D eigenvalue weighted by molar-refractivity contribution is 6.09. The van der Waals surface area contributed by atoms with Crippen molar-refractivity contribution < 1.29 is 0 Å². The van der Waals surface area contributed by atoms with Crippen LogP contribution in [0.1, 0.15) is 18.4 Å². The minimum Gasteiger partial charge on any atom is -0.309 e. The molecule has 2 heterocycles. The molecule has 5 aromatic carbocycles. The van der Waals surface area contributed by atoms with E-state index >= 15 is 0 Å². The number of hydrogen-bond donors (Lipinski definition) is 0. The molecule has 0 amide bonds. The molecule has 0 saturated heterocycles. The van der Waals surface area contributed by atoms with Crippen LogP contribution in [0.2, 0.25) is 0 Å². The van der Waals surface area contributed by atoms with Crippen molar-refractivity contribution >= 4 is 38.3 Å². The number of para-hydroxylation sites is 2. The maximum atomic E-state index is 4.93. The van der Waals surface area contributed by atoms with Gasteiger partial charge in [-0.3, -0.25) is 0 Å². The van der Waals surface area contributed by atoms with Crippen LogP contribution in [-0.4, -0.2) is 14.5 Å². The van der Waals surface area contributed by atoms with Crippen molar-refractivity contribution in [1.29, 1.82) is 0 Å². The quantitative estimate of drug-likeness (QED) is 0.229. The van der Waals surface area contributed by atoms with E-state index in [1.807, 2.05) is 6.20 Å².